The molecule has 0 aliphatic carbocycles. The number of oxazole rings is 1. The monoisotopic (exact) mass is 525 g/mol. The first-order valence-electron chi connectivity index (χ1n) is 10.7. The van der Waals surface area contributed by atoms with E-state index in [9.17, 15) is 22.4 Å². The first-order valence-corrected chi connectivity index (χ1v) is 11.1. The van der Waals surface area contributed by atoms with Gasteiger partial charge in [-0.1, -0.05) is 30.3 Å². The molecule has 0 radical (unpaired) electrons. The SMILES string of the molecule is COc1c(F)c(F)c(C(=O)NC(=S)Nc2ccc3oc(-c4ccc5ccccc5c4)nc3c2)c(F)c1F. The van der Waals surface area contributed by atoms with E-state index in [1.165, 1.54) is 0 Å². The molecule has 5 aromatic rings. The number of fused-ring (bicyclic) bond motifs is 2. The Morgan fingerprint density at radius 3 is 2.32 bits per heavy atom. The lowest BCUT2D eigenvalue weighted by Crippen LogP contribution is -2.35. The molecule has 0 aliphatic rings. The van der Waals surface area contributed by atoms with Crippen LogP contribution in [0.25, 0.3) is 33.3 Å². The zero-order chi connectivity index (χ0) is 26.3. The maximum atomic E-state index is 14.2. The van der Waals surface area contributed by atoms with E-state index in [-0.39, 0.29) is 5.11 Å². The molecule has 0 bridgehead atoms. The van der Waals surface area contributed by atoms with Crippen LogP contribution in [0.3, 0.4) is 0 Å². The van der Waals surface area contributed by atoms with Gasteiger partial charge in [0.2, 0.25) is 17.5 Å². The van der Waals surface area contributed by atoms with Gasteiger partial charge in [-0.2, -0.15) is 8.78 Å². The first kappa shape index (κ1) is 24.2. The van der Waals surface area contributed by atoms with Crippen LogP contribution in [0.1, 0.15) is 10.4 Å². The fraction of sp³-hybridized carbons (Fsp3) is 0.0385. The summed E-state index contributed by atoms with van der Waals surface area (Å²) < 4.78 is 66.5. The number of thiocarbonyl (C=S) groups is 1. The van der Waals surface area contributed by atoms with Crippen LogP contribution in [-0.2, 0) is 0 Å². The lowest BCUT2D eigenvalue weighted by atomic mass is 10.1. The number of nitrogens with one attached hydrogen (secondary N) is 2. The number of rotatable bonds is 4. The van der Waals surface area contributed by atoms with Crippen molar-refractivity contribution in [3.8, 4) is 17.2 Å². The van der Waals surface area contributed by atoms with Crippen molar-refractivity contribution in [1.82, 2.24) is 10.3 Å². The number of hydrogen-bond donors (Lipinski definition) is 2. The van der Waals surface area contributed by atoms with Crippen LogP contribution in [-0.4, -0.2) is 23.1 Å². The van der Waals surface area contributed by atoms with Gasteiger partial charge in [-0.25, -0.2) is 13.8 Å². The molecular weight excluding hydrogens is 510 g/mol. The van der Waals surface area contributed by atoms with E-state index >= 15 is 0 Å². The van der Waals surface area contributed by atoms with Gasteiger partial charge in [0.1, 0.15) is 11.1 Å². The second-order valence-electron chi connectivity index (χ2n) is 7.84. The highest BCUT2D eigenvalue weighted by atomic mass is 32.1. The quantitative estimate of drug-likeness (QED) is 0.162. The number of ether oxygens (including phenoxy) is 1. The Balaban J connectivity index is 1.35. The van der Waals surface area contributed by atoms with Crippen LogP contribution in [0.4, 0.5) is 23.2 Å². The third-order valence-corrected chi connectivity index (χ3v) is 5.73. The second kappa shape index (κ2) is 9.51. The van der Waals surface area contributed by atoms with Crippen LogP contribution in [0.15, 0.2) is 65.1 Å². The summed E-state index contributed by atoms with van der Waals surface area (Å²) in [6.45, 7) is 0. The molecule has 186 valence electrons. The normalized spacial score (nSPS) is 11.1. The van der Waals surface area contributed by atoms with Crippen molar-refractivity contribution in [2.24, 2.45) is 0 Å². The van der Waals surface area contributed by atoms with Crippen molar-refractivity contribution in [2.75, 3.05) is 12.4 Å². The van der Waals surface area contributed by atoms with Gasteiger partial charge in [0.25, 0.3) is 5.91 Å². The van der Waals surface area contributed by atoms with Crippen molar-refractivity contribution < 1.29 is 31.5 Å². The molecule has 1 amide bonds. The Kier molecular flexibility index (Phi) is 6.22. The van der Waals surface area contributed by atoms with Crippen molar-refractivity contribution in [2.45, 2.75) is 0 Å². The maximum Gasteiger partial charge on any atom is 0.263 e. The van der Waals surface area contributed by atoms with Crippen LogP contribution < -0.4 is 15.4 Å². The lowest BCUT2D eigenvalue weighted by Gasteiger charge is -2.12. The Labute approximate surface area is 211 Å². The minimum atomic E-state index is -1.92. The molecule has 5 rings (SSSR count). The number of amides is 1. The molecule has 4 aromatic carbocycles. The fourth-order valence-electron chi connectivity index (χ4n) is 3.77. The second-order valence-corrected chi connectivity index (χ2v) is 8.24. The molecule has 0 saturated heterocycles. The number of anilines is 1. The maximum absolute atomic E-state index is 14.2. The molecule has 6 nitrogen and oxygen atoms in total. The predicted molar refractivity (Wildman–Crippen MR) is 133 cm³/mol. The highest BCUT2D eigenvalue weighted by Crippen LogP contribution is 2.30. The van der Waals surface area contributed by atoms with Crippen LogP contribution in [0.2, 0.25) is 0 Å². The number of nitrogens with zero attached hydrogens (tertiary/aromatic N) is 1. The smallest absolute Gasteiger partial charge is 0.263 e. The Hall–Kier alpha value is -4.51. The molecule has 0 aliphatic heterocycles. The molecule has 1 aromatic heterocycles. The third-order valence-electron chi connectivity index (χ3n) is 5.52. The lowest BCUT2D eigenvalue weighted by molar-refractivity contribution is 0.0966. The Morgan fingerprint density at radius 2 is 1.62 bits per heavy atom. The van der Waals surface area contributed by atoms with Crippen LogP contribution in [0, 0.1) is 23.3 Å². The van der Waals surface area contributed by atoms with Crippen LogP contribution in [0.5, 0.6) is 5.75 Å². The summed E-state index contributed by atoms with van der Waals surface area (Å²) in [4.78, 5) is 16.8. The van der Waals surface area contributed by atoms with E-state index in [1.807, 2.05) is 47.8 Å². The summed E-state index contributed by atoms with van der Waals surface area (Å²) in [7, 11) is 0.829. The van der Waals surface area contributed by atoms with Gasteiger partial charge in [-0.3, -0.25) is 10.1 Å². The highest BCUT2D eigenvalue weighted by Gasteiger charge is 2.30. The molecule has 1 heterocycles. The van der Waals surface area contributed by atoms with Crippen molar-refractivity contribution in [3.63, 3.8) is 0 Å². The van der Waals surface area contributed by atoms with Gasteiger partial charge in [-0.05, 0) is 53.3 Å². The topological polar surface area (TPSA) is 76.4 Å². The van der Waals surface area contributed by atoms with Crippen molar-refractivity contribution >= 4 is 50.8 Å². The summed E-state index contributed by atoms with van der Waals surface area (Å²) >= 11 is 5.02. The molecule has 37 heavy (non-hydrogen) atoms. The van der Waals surface area contributed by atoms with Gasteiger partial charge < -0.3 is 14.5 Å². The highest BCUT2D eigenvalue weighted by molar-refractivity contribution is 7.80. The molecule has 0 saturated carbocycles. The summed E-state index contributed by atoms with van der Waals surface area (Å²) in [5.74, 6) is -9.90. The number of carbonyl (C=O) groups is 1. The van der Waals surface area contributed by atoms with Crippen molar-refractivity contribution in [1.29, 1.82) is 0 Å². The minimum Gasteiger partial charge on any atom is -0.491 e. The number of methoxy groups -OCH3 is 1. The number of halogens is 4. The van der Waals surface area contributed by atoms with Gasteiger partial charge in [0.05, 0.1) is 7.11 Å². The molecule has 0 atom stereocenters. The number of carbonyl (C=O) groups excluding carboxylic acids is 1. The third kappa shape index (κ3) is 4.45. The molecule has 2 N–H and O–H groups in total. The zero-order valence-corrected chi connectivity index (χ0v) is 19.7. The standard InChI is InChI=1S/C26H15F4N3O3S/c1-35-23-21(29)19(27)18(20(28)22(23)30)24(34)33-26(37)31-15-8-9-17-16(11-15)32-25(36-17)14-7-6-12-4-2-3-5-13(12)10-14/h2-11H,1H3,(H2,31,33,34,37). The van der Waals surface area contributed by atoms with E-state index in [4.69, 9.17) is 16.6 Å². The average molecular weight is 525 g/mol. The minimum absolute atomic E-state index is 0.365. The number of hydrogen-bond acceptors (Lipinski definition) is 5. The van der Waals surface area contributed by atoms with E-state index < -0.39 is 40.5 Å². The summed E-state index contributed by atoms with van der Waals surface area (Å²) in [6, 6.07) is 18.4. The fourth-order valence-corrected chi connectivity index (χ4v) is 3.98. The van der Waals surface area contributed by atoms with E-state index in [0.29, 0.717) is 22.7 Å². The molecule has 11 heteroatoms. The summed E-state index contributed by atoms with van der Waals surface area (Å²) in [5, 5.41) is 6.38. The van der Waals surface area contributed by atoms with Crippen LogP contribution >= 0.6 is 12.2 Å². The molecule has 0 unspecified atom stereocenters. The van der Waals surface area contributed by atoms with Gasteiger partial charge >= 0.3 is 0 Å². The predicted octanol–water partition coefficient (Wildman–Crippen LogP) is 6.34. The van der Waals surface area contributed by atoms with E-state index in [2.05, 4.69) is 15.0 Å². The van der Waals surface area contributed by atoms with E-state index in [1.54, 1.807) is 18.2 Å². The number of benzene rings is 4. The van der Waals surface area contributed by atoms with Gasteiger partial charge in [0.15, 0.2) is 28.1 Å². The van der Waals surface area contributed by atoms with Gasteiger partial charge in [0, 0.05) is 11.3 Å². The molecular formula is C26H15F4N3O3S. The van der Waals surface area contributed by atoms with Crippen molar-refractivity contribution in [3.05, 3.63) is 89.5 Å². The van der Waals surface area contributed by atoms with Gasteiger partial charge in [-0.15, -0.1) is 0 Å². The zero-order valence-electron chi connectivity index (χ0n) is 18.9. The Morgan fingerprint density at radius 1 is 0.919 bits per heavy atom. The first-order chi connectivity index (χ1) is 17.8. The number of aromatic nitrogens is 1. The molecule has 0 fully saturated rings. The summed E-state index contributed by atoms with van der Waals surface area (Å²) in [5.41, 5.74) is 0.613. The molecule has 0 spiro atoms. The summed E-state index contributed by atoms with van der Waals surface area (Å²) in [6.07, 6.45) is 0. The average Bonchev–Trinajstić information content (AvgIpc) is 3.31. The Bertz CT molecular complexity index is 1690. The van der Waals surface area contributed by atoms with E-state index in [0.717, 1.165) is 23.4 Å². The largest absolute Gasteiger partial charge is 0.491 e.